The van der Waals surface area contributed by atoms with E-state index in [0.29, 0.717) is 0 Å². The van der Waals surface area contributed by atoms with Crippen molar-refractivity contribution in [1.82, 2.24) is 5.32 Å². The second kappa shape index (κ2) is 7.24. The van der Waals surface area contributed by atoms with Gasteiger partial charge in [-0.05, 0) is 57.2 Å². The molecular formula is C12H26N2. The summed E-state index contributed by atoms with van der Waals surface area (Å²) in [6, 6.07) is 0. The maximum Gasteiger partial charge on any atom is -0.00231 e. The highest BCUT2D eigenvalue weighted by molar-refractivity contribution is 4.73. The van der Waals surface area contributed by atoms with Crippen LogP contribution in [0.2, 0.25) is 0 Å². The van der Waals surface area contributed by atoms with E-state index in [1.165, 1.54) is 51.6 Å². The zero-order valence-electron chi connectivity index (χ0n) is 9.60. The van der Waals surface area contributed by atoms with E-state index >= 15 is 0 Å². The Labute approximate surface area is 88.6 Å². The van der Waals surface area contributed by atoms with Crippen molar-refractivity contribution in [1.29, 1.82) is 0 Å². The average Bonchev–Trinajstić information content (AvgIpc) is 2.98. The molecule has 0 aromatic carbocycles. The van der Waals surface area contributed by atoms with Crippen molar-refractivity contribution in [3.63, 3.8) is 0 Å². The van der Waals surface area contributed by atoms with Gasteiger partial charge in [0.05, 0.1) is 0 Å². The third kappa shape index (κ3) is 6.39. The standard InChI is InChI=1S/C12H26N2/c1-11(4-2-8-13)10-14-9-3-5-12-6-7-12/h11-12,14H,2-10,13H2,1H3. The van der Waals surface area contributed by atoms with E-state index in [9.17, 15) is 0 Å². The first-order valence-corrected chi connectivity index (χ1v) is 6.23. The summed E-state index contributed by atoms with van der Waals surface area (Å²) in [7, 11) is 0. The van der Waals surface area contributed by atoms with Crippen LogP contribution in [-0.2, 0) is 0 Å². The molecule has 0 aromatic rings. The van der Waals surface area contributed by atoms with Crippen molar-refractivity contribution in [3.05, 3.63) is 0 Å². The Hall–Kier alpha value is -0.0800. The fourth-order valence-corrected chi connectivity index (χ4v) is 1.84. The van der Waals surface area contributed by atoms with Gasteiger partial charge in [-0.15, -0.1) is 0 Å². The Bertz CT molecular complexity index is 132. The first kappa shape index (κ1) is 12.0. The van der Waals surface area contributed by atoms with Crippen molar-refractivity contribution in [2.75, 3.05) is 19.6 Å². The van der Waals surface area contributed by atoms with Crippen LogP contribution in [0.25, 0.3) is 0 Å². The lowest BCUT2D eigenvalue weighted by Gasteiger charge is -2.11. The third-order valence-electron chi connectivity index (χ3n) is 3.06. The molecule has 3 N–H and O–H groups in total. The number of hydrogen-bond donors (Lipinski definition) is 2. The summed E-state index contributed by atoms with van der Waals surface area (Å²) in [4.78, 5) is 0. The number of rotatable bonds is 9. The van der Waals surface area contributed by atoms with Gasteiger partial charge in [0, 0.05) is 0 Å². The van der Waals surface area contributed by atoms with Gasteiger partial charge in [-0.2, -0.15) is 0 Å². The van der Waals surface area contributed by atoms with E-state index < -0.39 is 0 Å². The zero-order chi connectivity index (χ0) is 10.2. The molecule has 84 valence electrons. The Kier molecular flexibility index (Phi) is 6.20. The van der Waals surface area contributed by atoms with Crippen molar-refractivity contribution < 1.29 is 0 Å². The second-order valence-electron chi connectivity index (χ2n) is 4.83. The topological polar surface area (TPSA) is 38.0 Å². The van der Waals surface area contributed by atoms with Gasteiger partial charge in [0.1, 0.15) is 0 Å². The summed E-state index contributed by atoms with van der Waals surface area (Å²) in [5.74, 6) is 1.88. The molecule has 1 aliphatic rings. The molecule has 0 radical (unpaired) electrons. The minimum atomic E-state index is 0.791. The summed E-state index contributed by atoms with van der Waals surface area (Å²) >= 11 is 0. The van der Waals surface area contributed by atoms with Crippen LogP contribution in [0.4, 0.5) is 0 Å². The van der Waals surface area contributed by atoms with Crippen molar-refractivity contribution >= 4 is 0 Å². The number of nitrogens with two attached hydrogens (primary N) is 1. The molecule has 0 amide bonds. The molecule has 0 spiro atoms. The van der Waals surface area contributed by atoms with Crippen LogP contribution in [-0.4, -0.2) is 19.6 Å². The summed E-state index contributed by atoms with van der Waals surface area (Å²) in [6.45, 7) is 5.53. The lowest BCUT2D eigenvalue weighted by molar-refractivity contribution is 0.461. The highest BCUT2D eigenvalue weighted by Gasteiger charge is 2.19. The molecular weight excluding hydrogens is 172 g/mol. The van der Waals surface area contributed by atoms with E-state index in [2.05, 4.69) is 12.2 Å². The third-order valence-corrected chi connectivity index (χ3v) is 3.06. The Morgan fingerprint density at radius 1 is 1.36 bits per heavy atom. The largest absolute Gasteiger partial charge is 0.330 e. The van der Waals surface area contributed by atoms with Gasteiger partial charge >= 0.3 is 0 Å². The quantitative estimate of drug-likeness (QED) is 0.557. The molecule has 2 nitrogen and oxygen atoms in total. The zero-order valence-corrected chi connectivity index (χ0v) is 9.60. The molecule has 0 aliphatic heterocycles. The summed E-state index contributed by atoms with van der Waals surface area (Å²) in [5.41, 5.74) is 5.47. The van der Waals surface area contributed by atoms with Crippen molar-refractivity contribution in [2.24, 2.45) is 17.6 Å². The first-order chi connectivity index (χ1) is 6.83. The second-order valence-corrected chi connectivity index (χ2v) is 4.83. The molecule has 1 aliphatic carbocycles. The van der Waals surface area contributed by atoms with Crippen LogP contribution in [0, 0.1) is 11.8 Å². The highest BCUT2D eigenvalue weighted by Crippen LogP contribution is 2.33. The van der Waals surface area contributed by atoms with Crippen molar-refractivity contribution in [2.45, 2.75) is 45.4 Å². The SMILES string of the molecule is CC(CCCN)CNCCCC1CC1. The summed E-state index contributed by atoms with van der Waals surface area (Å²) in [5, 5.41) is 3.54. The molecule has 0 bridgehead atoms. The van der Waals surface area contributed by atoms with Gasteiger partial charge in [0.25, 0.3) is 0 Å². The maximum atomic E-state index is 5.47. The van der Waals surface area contributed by atoms with Crippen LogP contribution in [0.3, 0.4) is 0 Å². The summed E-state index contributed by atoms with van der Waals surface area (Å²) in [6.07, 6.45) is 8.25. The molecule has 14 heavy (non-hydrogen) atoms. The van der Waals surface area contributed by atoms with Gasteiger partial charge < -0.3 is 11.1 Å². The maximum absolute atomic E-state index is 5.47. The fourth-order valence-electron chi connectivity index (χ4n) is 1.84. The smallest absolute Gasteiger partial charge is 0.00231 e. The van der Waals surface area contributed by atoms with Gasteiger partial charge in [0.15, 0.2) is 0 Å². The predicted octanol–water partition coefficient (Wildman–Crippen LogP) is 2.14. The van der Waals surface area contributed by atoms with Crippen LogP contribution in [0.5, 0.6) is 0 Å². The molecule has 1 rings (SSSR count). The normalized spacial score (nSPS) is 18.4. The molecule has 1 fully saturated rings. The average molecular weight is 198 g/mol. The fraction of sp³-hybridized carbons (Fsp3) is 1.00. The van der Waals surface area contributed by atoms with Gasteiger partial charge in [-0.25, -0.2) is 0 Å². The summed E-state index contributed by atoms with van der Waals surface area (Å²) < 4.78 is 0. The van der Waals surface area contributed by atoms with Crippen molar-refractivity contribution in [3.8, 4) is 0 Å². The van der Waals surface area contributed by atoms with Gasteiger partial charge in [-0.3, -0.25) is 0 Å². The molecule has 1 atom stereocenters. The predicted molar refractivity (Wildman–Crippen MR) is 62.3 cm³/mol. The van der Waals surface area contributed by atoms with E-state index in [4.69, 9.17) is 5.73 Å². The number of nitrogens with one attached hydrogen (secondary N) is 1. The lowest BCUT2D eigenvalue weighted by Crippen LogP contribution is -2.22. The van der Waals surface area contributed by atoms with Gasteiger partial charge in [-0.1, -0.05) is 19.8 Å². The highest BCUT2D eigenvalue weighted by atomic mass is 14.8. The number of hydrogen-bond acceptors (Lipinski definition) is 2. The van der Waals surface area contributed by atoms with E-state index in [1.54, 1.807) is 0 Å². The molecule has 0 aromatic heterocycles. The van der Waals surface area contributed by atoms with Crippen LogP contribution in [0.1, 0.15) is 45.4 Å². The van der Waals surface area contributed by atoms with Crippen LogP contribution < -0.4 is 11.1 Å². The first-order valence-electron chi connectivity index (χ1n) is 6.23. The van der Waals surface area contributed by atoms with E-state index in [-0.39, 0.29) is 0 Å². The molecule has 0 heterocycles. The lowest BCUT2D eigenvalue weighted by atomic mass is 10.1. The Morgan fingerprint density at radius 3 is 2.79 bits per heavy atom. The molecule has 1 unspecified atom stereocenters. The monoisotopic (exact) mass is 198 g/mol. The Morgan fingerprint density at radius 2 is 2.14 bits per heavy atom. The van der Waals surface area contributed by atoms with Gasteiger partial charge in [0.2, 0.25) is 0 Å². The van der Waals surface area contributed by atoms with Crippen LogP contribution >= 0.6 is 0 Å². The van der Waals surface area contributed by atoms with E-state index in [1.807, 2.05) is 0 Å². The minimum absolute atomic E-state index is 0.791. The van der Waals surface area contributed by atoms with E-state index in [0.717, 1.165) is 18.4 Å². The Balaban J connectivity index is 1.77. The minimum Gasteiger partial charge on any atom is -0.330 e. The molecule has 0 saturated heterocycles. The van der Waals surface area contributed by atoms with Crippen LogP contribution in [0.15, 0.2) is 0 Å². The molecule has 2 heteroatoms. The molecule has 1 saturated carbocycles.